The number of rotatable bonds is 9. The third-order valence-corrected chi connectivity index (χ3v) is 5.84. The van der Waals surface area contributed by atoms with Gasteiger partial charge in [-0.3, -0.25) is 0 Å². The minimum Gasteiger partial charge on any atom is -0.0773 e. The lowest BCUT2D eigenvalue weighted by atomic mass is 10.0. The maximum Gasteiger partial charge on any atom is 0.0213 e. The van der Waals surface area contributed by atoms with Gasteiger partial charge in [-0.25, -0.2) is 0 Å². The van der Waals surface area contributed by atoms with Crippen LogP contribution in [-0.4, -0.2) is 4.75 Å². The fraction of sp³-hybridized carbons (Fsp3) is 1.00. The summed E-state index contributed by atoms with van der Waals surface area (Å²) in [5.41, 5.74) is 0. The number of unbranched alkanes of at least 4 members (excludes halogenated alkanes) is 6. The molecule has 0 aromatic carbocycles. The summed E-state index contributed by atoms with van der Waals surface area (Å²) in [4.78, 5) is 0. The van der Waals surface area contributed by atoms with Crippen LogP contribution in [0, 0.1) is 0 Å². The Labute approximate surface area is 102 Å². The molecule has 0 saturated heterocycles. The van der Waals surface area contributed by atoms with Crippen LogP contribution in [0.5, 0.6) is 0 Å². The van der Waals surface area contributed by atoms with Gasteiger partial charge in [-0.15, -0.1) is 0 Å². The highest BCUT2D eigenvalue weighted by Crippen LogP contribution is 2.34. The Bertz CT molecular complexity index is 123. The highest BCUT2D eigenvalue weighted by molar-refractivity contribution is 9.50. The zero-order valence-corrected chi connectivity index (χ0v) is 12.3. The van der Waals surface area contributed by atoms with Gasteiger partial charge in [0, 0.05) is 4.75 Å². The van der Waals surface area contributed by atoms with E-state index in [4.69, 9.17) is 0 Å². The van der Waals surface area contributed by atoms with Gasteiger partial charge < -0.3 is 0 Å². The van der Waals surface area contributed by atoms with E-state index in [1.165, 1.54) is 51.4 Å². The monoisotopic (exact) mass is 280 g/mol. The molecule has 0 aliphatic carbocycles. The van der Waals surface area contributed by atoms with Crippen LogP contribution in [0.15, 0.2) is 0 Å². The van der Waals surface area contributed by atoms with Crippen molar-refractivity contribution in [2.24, 2.45) is 0 Å². The van der Waals surface area contributed by atoms with Gasteiger partial charge >= 0.3 is 0 Å². The normalized spacial score (nSPS) is 12.0. The molecule has 2 heteroatoms. The van der Waals surface area contributed by atoms with E-state index < -0.39 is 0 Å². The van der Waals surface area contributed by atoms with E-state index in [1.54, 1.807) is 0 Å². The molecule has 0 aliphatic heterocycles. The molecule has 0 nitrogen and oxygen atoms in total. The zero-order chi connectivity index (χ0) is 10.9. The second-order valence-electron chi connectivity index (χ2n) is 4.71. The molecule has 0 aliphatic rings. The summed E-state index contributed by atoms with van der Waals surface area (Å²) in [6.07, 6.45) is 11.2. The Morgan fingerprint density at radius 3 is 1.93 bits per heavy atom. The van der Waals surface area contributed by atoms with Gasteiger partial charge in [0.2, 0.25) is 0 Å². The molecule has 0 spiro atoms. The van der Waals surface area contributed by atoms with E-state index >= 15 is 0 Å². The van der Waals surface area contributed by atoms with Crippen LogP contribution in [0.4, 0.5) is 0 Å². The van der Waals surface area contributed by atoms with E-state index in [9.17, 15) is 0 Å². The molecule has 0 fully saturated rings. The Kier molecular flexibility index (Phi) is 9.62. The summed E-state index contributed by atoms with van der Waals surface area (Å²) < 4.78 is 0.420. The summed E-state index contributed by atoms with van der Waals surface area (Å²) in [6, 6.07) is 0. The average Bonchev–Trinajstić information content (AvgIpc) is 2.16. The van der Waals surface area contributed by atoms with Crippen LogP contribution in [0.3, 0.4) is 0 Å². The minimum absolute atomic E-state index is 0.420. The van der Waals surface area contributed by atoms with Crippen molar-refractivity contribution in [2.75, 3.05) is 0 Å². The quantitative estimate of drug-likeness (QED) is 0.471. The molecule has 0 aromatic rings. The van der Waals surface area contributed by atoms with Crippen LogP contribution in [0.2, 0.25) is 0 Å². The summed E-state index contributed by atoms with van der Waals surface area (Å²) in [6.45, 7) is 6.89. The van der Waals surface area contributed by atoms with Crippen LogP contribution < -0.4 is 0 Å². The second-order valence-corrected chi connectivity index (χ2v) is 6.94. The topological polar surface area (TPSA) is 0 Å². The first kappa shape index (κ1) is 14.8. The molecule has 0 atom stereocenters. The van der Waals surface area contributed by atoms with Crippen LogP contribution in [0.25, 0.3) is 0 Å². The molecule has 0 unspecified atom stereocenters. The van der Waals surface area contributed by atoms with Crippen LogP contribution in [0.1, 0.15) is 72.1 Å². The molecule has 0 aromatic heterocycles. The first-order valence-corrected chi connectivity index (χ1v) is 8.58. The van der Waals surface area contributed by atoms with Crippen molar-refractivity contribution in [2.45, 2.75) is 76.9 Å². The van der Waals surface area contributed by atoms with Gasteiger partial charge in [-0.05, 0) is 35.1 Å². The summed E-state index contributed by atoms with van der Waals surface area (Å²) in [5, 5.41) is 0. The maximum absolute atomic E-state index is 3.49. The Morgan fingerprint density at radius 2 is 1.43 bits per heavy atom. The van der Waals surface area contributed by atoms with E-state index in [0.29, 0.717) is 4.75 Å². The van der Waals surface area contributed by atoms with Crippen molar-refractivity contribution in [1.82, 2.24) is 0 Å². The van der Waals surface area contributed by atoms with Crippen molar-refractivity contribution < 1.29 is 0 Å². The lowest BCUT2D eigenvalue weighted by Crippen LogP contribution is -2.11. The number of hydrogen-bond donors (Lipinski definition) is 0. The average molecular weight is 281 g/mol. The van der Waals surface area contributed by atoms with Gasteiger partial charge in [-0.1, -0.05) is 62.1 Å². The zero-order valence-electron chi connectivity index (χ0n) is 9.94. The molecular weight excluding hydrogens is 256 g/mol. The highest BCUT2D eigenvalue weighted by atomic mass is 79.9. The van der Waals surface area contributed by atoms with E-state index in [-0.39, 0.29) is 0 Å². The van der Waals surface area contributed by atoms with Crippen molar-refractivity contribution in [3.8, 4) is 0 Å². The molecule has 0 saturated carbocycles. The lowest BCUT2D eigenvalue weighted by Gasteiger charge is -2.19. The Hall–Kier alpha value is 0.830. The lowest BCUT2D eigenvalue weighted by molar-refractivity contribution is 0.538. The SMILES string of the molecule is CCCCCCCCCC(C)(C)SBr. The maximum atomic E-state index is 3.49. The highest BCUT2D eigenvalue weighted by Gasteiger charge is 2.15. The Balaban J connectivity index is 3.13. The van der Waals surface area contributed by atoms with Crippen LogP contribution in [-0.2, 0) is 0 Å². The molecule has 86 valence electrons. The van der Waals surface area contributed by atoms with Crippen molar-refractivity contribution in [1.29, 1.82) is 0 Å². The predicted molar refractivity (Wildman–Crippen MR) is 73.2 cm³/mol. The summed E-state index contributed by atoms with van der Waals surface area (Å²) in [5.74, 6) is 0. The fourth-order valence-corrected chi connectivity index (χ4v) is 2.25. The van der Waals surface area contributed by atoms with E-state index in [2.05, 4.69) is 35.6 Å². The minimum atomic E-state index is 0.420. The molecule has 0 bridgehead atoms. The molecule has 14 heavy (non-hydrogen) atoms. The smallest absolute Gasteiger partial charge is 0.0213 e. The van der Waals surface area contributed by atoms with E-state index in [0.717, 1.165) is 0 Å². The standard InChI is InChI=1S/C12H25BrS/c1-4-5-6-7-8-9-10-11-12(2,3)14-13/h4-11H2,1-3H3. The summed E-state index contributed by atoms with van der Waals surface area (Å²) >= 11 is 3.49. The van der Waals surface area contributed by atoms with Gasteiger partial charge in [0.1, 0.15) is 0 Å². The first-order chi connectivity index (χ1) is 6.62. The van der Waals surface area contributed by atoms with E-state index in [1.807, 2.05) is 10.2 Å². The van der Waals surface area contributed by atoms with Crippen LogP contribution >= 0.6 is 25.0 Å². The van der Waals surface area contributed by atoms with Crippen molar-refractivity contribution in [3.63, 3.8) is 0 Å². The van der Waals surface area contributed by atoms with Crippen molar-refractivity contribution >= 4 is 25.0 Å². The largest absolute Gasteiger partial charge is 0.0773 e. The molecule has 0 N–H and O–H groups in total. The number of halogens is 1. The third-order valence-electron chi connectivity index (χ3n) is 2.59. The molecular formula is C12H25BrS. The molecule has 0 heterocycles. The fourth-order valence-electron chi connectivity index (χ4n) is 1.55. The molecule has 0 amide bonds. The number of hydrogen-bond acceptors (Lipinski definition) is 1. The molecule has 0 radical (unpaired) electrons. The van der Waals surface area contributed by atoms with Gasteiger partial charge in [0.25, 0.3) is 0 Å². The van der Waals surface area contributed by atoms with Gasteiger partial charge in [0.05, 0.1) is 0 Å². The molecule has 0 rings (SSSR count). The predicted octanol–water partition coefficient (Wildman–Crippen LogP) is 5.95. The van der Waals surface area contributed by atoms with Crippen molar-refractivity contribution in [3.05, 3.63) is 0 Å². The summed E-state index contributed by atoms with van der Waals surface area (Å²) in [7, 11) is 1.81. The van der Waals surface area contributed by atoms with Gasteiger partial charge in [-0.2, -0.15) is 0 Å². The second kappa shape index (κ2) is 9.08. The van der Waals surface area contributed by atoms with Gasteiger partial charge in [0.15, 0.2) is 0 Å². The Morgan fingerprint density at radius 1 is 0.929 bits per heavy atom. The third kappa shape index (κ3) is 9.39. The first-order valence-electron chi connectivity index (χ1n) is 5.92.